The molecule has 1 heterocycles. The van der Waals surface area contributed by atoms with Crippen LogP contribution in [0.1, 0.15) is 17.0 Å². The van der Waals surface area contributed by atoms with E-state index < -0.39 is 5.82 Å². The average molecular weight is 354 g/mol. The van der Waals surface area contributed by atoms with Crippen LogP contribution in [0.4, 0.5) is 10.1 Å². The molecule has 132 valence electrons. The second-order valence-corrected chi connectivity index (χ2v) is 5.49. The molecule has 2 N–H and O–H groups in total. The number of carbonyl (C=O) groups excluding carboxylic acids is 1. The van der Waals surface area contributed by atoms with Gasteiger partial charge in [0.25, 0.3) is 0 Å². The molecule has 7 nitrogen and oxygen atoms in total. The molecule has 3 rings (SSSR count). The zero-order valence-electron chi connectivity index (χ0n) is 13.6. The normalized spacial score (nSPS) is 11.4. The summed E-state index contributed by atoms with van der Waals surface area (Å²) in [5, 5.41) is 16.8. The van der Waals surface area contributed by atoms with Gasteiger partial charge in [-0.2, -0.15) is 0 Å². The number of hydroxylamine groups is 1. The van der Waals surface area contributed by atoms with Gasteiger partial charge in [0.05, 0.1) is 12.1 Å². The van der Waals surface area contributed by atoms with Gasteiger partial charge in [-0.05, 0) is 35.0 Å². The Labute approximate surface area is 148 Å². The monoisotopic (exact) mass is 354 g/mol. The van der Waals surface area contributed by atoms with Crippen molar-refractivity contribution in [2.45, 2.75) is 12.8 Å². The van der Waals surface area contributed by atoms with Crippen LogP contribution in [0.15, 0.2) is 64.2 Å². The van der Waals surface area contributed by atoms with Crippen molar-refractivity contribution in [2.75, 3.05) is 0 Å². The molecule has 26 heavy (non-hydrogen) atoms. The molecule has 0 fully saturated rings. The van der Waals surface area contributed by atoms with Gasteiger partial charge in [0, 0.05) is 6.42 Å². The van der Waals surface area contributed by atoms with Crippen molar-refractivity contribution < 1.29 is 19.0 Å². The molecule has 0 aliphatic rings. The van der Waals surface area contributed by atoms with E-state index in [9.17, 15) is 14.4 Å². The summed E-state index contributed by atoms with van der Waals surface area (Å²) in [4.78, 5) is 16.4. The summed E-state index contributed by atoms with van der Waals surface area (Å²) >= 11 is 0. The van der Waals surface area contributed by atoms with E-state index in [1.54, 1.807) is 0 Å². The predicted octanol–water partition coefficient (Wildman–Crippen LogP) is 2.62. The molecule has 0 bridgehead atoms. The highest BCUT2D eigenvalue weighted by Gasteiger charge is 2.19. The highest BCUT2D eigenvalue weighted by Crippen LogP contribution is 2.15. The lowest BCUT2D eigenvalue weighted by Gasteiger charge is -2.03. The number of amidine groups is 1. The Balaban J connectivity index is 1.78. The summed E-state index contributed by atoms with van der Waals surface area (Å²) in [5.74, 6) is -0.551. The van der Waals surface area contributed by atoms with Crippen molar-refractivity contribution in [3.8, 4) is 0 Å². The first-order valence-electron chi connectivity index (χ1n) is 7.77. The number of hydrogen-bond donors (Lipinski definition) is 2. The van der Waals surface area contributed by atoms with Crippen LogP contribution in [-0.2, 0) is 17.6 Å². The summed E-state index contributed by atoms with van der Waals surface area (Å²) in [6.45, 7) is 0. The third-order valence-corrected chi connectivity index (χ3v) is 3.56. The van der Waals surface area contributed by atoms with Gasteiger partial charge >= 0.3 is 0 Å². The van der Waals surface area contributed by atoms with Gasteiger partial charge in [0.2, 0.25) is 0 Å². The predicted molar refractivity (Wildman–Crippen MR) is 90.7 cm³/mol. The fourth-order valence-corrected chi connectivity index (χ4v) is 2.35. The molecular weight excluding hydrogens is 339 g/mol. The number of Topliss-reactive ketones (excluding diaryl/α,β-unsaturated/α-hetero) is 1. The Kier molecular flexibility index (Phi) is 5.45. The Morgan fingerprint density at radius 2 is 1.81 bits per heavy atom. The molecule has 0 unspecified atom stereocenters. The van der Waals surface area contributed by atoms with Crippen LogP contribution in [0.5, 0.6) is 0 Å². The highest BCUT2D eigenvalue weighted by atomic mass is 19.1. The van der Waals surface area contributed by atoms with Crippen LogP contribution in [0.2, 0.25) is 0 Å². The molecule has 2 aromatic carbocycles. The number of ketones is 1. The molecule has 0 aliphatic carbocycles. The van der Waals surface area contributed by atoms with E-state index in [0.29, 0.717) is 5.69 Å². The number of rotatable bonds is 6. The third kappa shape index (κ3) is 4.37. The maximum atomic E-state index is 13.0. The van der Waals surface area contributed by atoms with Gasteiger partial charge in [-0.1, -0.05) is 35.5 Å². The molecule has 0 radical (unpaired) electrons. The highest BCUT2D eigenvalue weighted by molar-refractivity contribution is 5.99. The molecular formula is C18H15FN4O3. The molecule has 0 amide bonds. The number of carbonyl (C=O) groups is 1. The van der Waals surface area contributed by atoms with E-state index in [-0.39, 0.29) is 35.8 Å². The number of nitrogens with zero attached hydrogens (tertiary/aromatic N) is 3. The number of aliphatic imine (C=N–C) groups is 1. The van der Waals surface area contributed by atoms with Crippen LogP contribution in [0.25, 0.3) is 0 Å². The SMILES string of the molecule is O=C(Cc1ccccc1)Cc1nonc1C(=Nc1ccc(F)cc1)NO. The van der Waals surface area contributed by atoms with Crippen molar-refractivity contribution >= 4 is 17.3 Å². The van der Waals surface area contributed by atoms with E-state index in [1.165, 1.54) is 24.3 Å². The van der Waals surface area contributed by atoms with Crippen LogP contribution < -0.4 is 5.48 Å². The van der Waals surface area contributed by atoms with Gasteiger partial charge in [0.1, 0.15) is 17.3 Å². The second-order valence-electron chi connectivity index (χ2n) is 5.49. The summed E-state index contributed by atoms with van der Waals surface area (Å²) in [6, 6.07) is 14.6. The van der Waals surface area contributed by atoms with E-state index >= 15 is 0 Å². The summed E-state index contributed by atoms with van der Waals surface area (Å²) < 4.78 is 17.7. The molecule has 8 heteroatoms. The number of halogens is 1. The molecule has 0 atom stereocenters. The van der Waals surface area contributed by atoms with Gasteiger partial charge in [-0.15, -0.1) is 0 Å². The molecule has 1 aromatic heterocycles. The lowest BCUT2D eigenvalue weighted by atomic mass is 10.0. The number of hydrogen-bond acceptors (Lipinski definition) is 6. The first-order chi connectivity index (χ1) is 12.7. The van der Waals surface area contributed by atoms with E-state index in [4.69, 9.17) is 4.63 Å². The van der Waals surface area contributed by atoms with Gasteiger partial charge in [0.15, 0.2) is 11.5 Å². The van der Waals surface area contributed by atoms with Crippen molar-refractivity contribution in [1.29, 1.82) is 0 Å². The smallest absolute Gasteiger partial charge is 0.182 e. The maximum absolute atomic E-state index is 13.0. The minimum absolute atomic E-state index is 0.0299. The van der Waals surface area contributed by atoms with Crippen LogP contribution >= 0.6 is 0 Å². The van der Waals surface area contributed by atoms with Crippen LogP contribution in [-0.4, -0.2) is 27.1 Å². The Bertz CT molecular complexity index is 908. The summed E-state index contributed by atoms with van der Waals surface area (Å²) in [5.41, 5.74) is 3.53. The minimum atomic E-state index is -0.405. The zero-order chi connectivity index (χ0) is 18.4. The Morgan fingerprint density at radius 1 is 1.08 bits per heavy atom. The molecule has 0 saturated heterocycles. The van der Waals surface area contributed by atoms with Crippen molar-refractivity contribution in [3.05, 3.63) is 77.4 Å². The van der Waals surface area contributed by atoms with Crippen molar-refractivity contribution in [2.24, 2.45) is 4.99 Å². The second kappa shape index (κ2) is 8.13. The summed E-state index contributed by atoms with van der Waals surface area (Å²) in [7, 11) is 0. The quantitative estimate of drug-likeness (QED) is 0.401. The zero-order valence-corrected chi connectivity index (χ0v) is 13.6. The fraction of sp³-hybridized carbons (Fsp3) is 0.111. The number of aromatic nitrogens is 2. The van der Waals surface area contributed by atoms with Crippen molar-refractivity contribution in [3.63, 3.8) is 0 Å². The standard InChI is InChI=1S/C18H15FN4O3/c19-13-6-8-14(9-7-13)20-18(21-25)17-16(22-26-23-17)11-15(24)10-12-4-2-1-3-5-12/h1-9,25H,10-11H2,(H,20,21). The van der Waals surface area contributed by atoms with E-state index in [0.717, 1.165) is 5.56 Å². The third-order valence-electron chi connectivity index (χ3n) is 3.56. The van der Waals surface area contributed by atoms with Gasteiger partial charge < -0.3 is 0 Å². The first-order valence-corrected chi connectivity index (χ1v) is 7.77. The number of nitrogens with one attached hydrogen (secondary N) is 1. The molecule has 3 aromatic rings. The fourth-order valence-electron chi connectivity index (χ4n) is 2.35. The minimum Gasteiger partial charge on any atom is -0.299 e. The van der Waals surface area contributed by atoms with E-state index in [2.05, 4.69) is 15.3 Å². The Morgan fingerprint density at radius 3 is 2.50 bits per heavy atom. The summed E-state index contributed by atoms with van der Waals surface area (Å²) in [6.07, 6.45) is 0.210. The van der Waals surface area contributed by atoms with Crippen LogP contribution in [0, 0.1) is 5.82 Å². The maximum Gasteiger partial charge on any atom is 0.182 e. The van der Waals surface area contributed by atoms with Crippen LogP contribution in [0.3, 0.4) is 0 Å². The average Bonchev–Trinajstić information content (AvgIpc) is 3.10. The van der Waals surface area contributed by atoms with Gasteiger partial charge in [-0.25, -0.2) is 14.0 Å². The molecule has 0 spiro atoms. The largest absolute Gasteiger partial charge is 0.299 e. The lowest BCUT2D eigenvalue weighted by Crippen LogP contribution is -2.23. The first kappa shape index (κ1) is 17.4. The molecule has 0 saturated carbocycles. The van der Waals surface area contributed by atoms with E-state index in [1.807, 2.05) is 35.8 Å². The topological polar surface area (TPSA) is 101 Å². The lowest BCUT2D eigenvalue weighted by molar-refractivity contribution is -0.117. The number of benzene rings is 2. The van der Waals surface area contributed by atoms with Crippen molar-refractivity contribution in [1.82, 2.24) is 15.8 Å². The van der Waals surface area contributed by atoms with Gasteiger partial charge in [-0.3, -0.25) is 15.5 Å². The molecule has 0 aliphatic heterocycles. The Hall–Kier alpha value is -3.39.